The molecule has 1 aliphatic rings. The van der Waals surface area contributed by atoms with Gasteiger partial charge in [-0.3, -0.25) is 9.59 Å². The van der Waals surface area contributed by atoms with E-state index in [0.717, 1.165) is 25.1 Å². The van der Waals surface area contributed by atoms with Crippen molar-refractivity contribution in [1.82, 2.24) is 20.1 Å². The number of aromatic nitrogens is 3. The summed E-state index contributed by atoms with van der Waals surface area (Å²) < 4.78 is 7.14. The Hall–Kier alpha value is -3.52. The molecule has 1 atom stereocenters. The van der Waals surface area contributed by atoms with Crippen LogP contribution in [0.5, 0.6) is 0 Å². The van der Waals surface area contributed by atoms with Crippen molar-refractivity contribution in [2.75, 3.05) is 18.5 Å². The smallest absolute Gasteiger partial charge is 0.255 e. The maximum atomic E-state index is 12.7. The molecule has 8 heteroatoms. The van der Waals surface area contributed by atoms with Crippen LogP contribution in [0.15, 0.2) is 61.2 Å². The summed E-state index contributed by atoms with van der Waals surface area (Å²) in [5, 5.41) is 9.77. The van der Waals surface area contributed by atoms with Crippen molar-refractivity contribution in [2.24, 2.45) is 0 Å². The average Bonchev–Trinajstić information content (AvgIpc) is 3.47. The molecule has 1 saturated heterocycles. The molecular formula is C21H21N5O3. The van der Waals surface area contributed by atoms with Gasteiger partial charge in [0.15, 0.2) is 0 Å². The largest absolute Gasteiger partial charge is 0.376 e. The van der Waals surface area contributed by atoms with E-state index >= 15 is 0 Å². The van der Waals surface area contributed by atoms with E-state index in [1.54, 1.807) is 59.5 Å². The van der Waals surface area contributed by atoms with Crippen molar-refractivity contribution in [3.8, 4) is 5.69 Å². The van der Waals surface area contributed by atoms with Gasteiger partial charge < -0.3 is 15.4 Å². The van der Waals surface area contributed by atoms with Gasteiger partial charge in [-0.25, -0.2) is 9.67 Å². The van der Waals surface area contributed by atoms with E-state index in [9.17, 15) is 9.59 Å². The van der Waals surface area contributed by atoms with Crippen molar-refractivity contribution < 1.29 is 14.3 Å². The molecular weight excluding hydrogens is 370 g/mol. The second-order valence-electron chi connectivity index (χ2n) is 6.73. The van der Waals surface area contributed by atoms with Crippen LogP contribution in [0.2, 0.25) is 0 Å². The zero-order valence-corrected chi connectivity index (χ0v) is 15.7. The molecule has 0 aliphatic carbocycles. The summed E-state index contributed by atoms with van der Waals surface area (Å²) in [5.41, 5.74) is 2.15. The molecule has 0 spiro atoms. The molecule has 2 aromatic carbocycles. The van der Waals surface area contributed by atoms with E-state index in [2.05, 4.69) is 20.7 Å². The van der Waals surface area contributed by atoms with Crippen LogP contribution in [-0.4, -0.2) is 45.8 Å². The van der Waals surface area contributed by atoms with Crippen LogP contribution in [0.3, 0.4) is 0 Å². The lowest BCUT2D eigenvalue weighted by molar-refractivity contribution is 0.0858. The number of nitrogens with one attached hydrogen (secondary N) is 2. The number of hydrogen-bond acceptors (Lipinski definition) is 5. The van der Waals surface area contributed by atoms with Gasteiger partial charge in [-0.05, 0) is 49.2 Å². The topological polar surface area (TPSA) is 98.1 Å². The zero-order chi connectivity index (χ0) is 20.1. The van der Waals surface area contributed by atoms with Gasteiger partial charge >= 0.3 is 0 Å². The van der Waals surface area contributed by atoms with Crippen molar-refractivity contribution >= 4 is 17.5 Å². The van der Waals surface area contributed by atoms with Crippen LogP contribution in [-0.2, 0) is 4.74 Å². The van der Waals surface area contributed by atoms with Crippen LogP contribution in [0.4, 0.5) is 5.69 Å². The van der Waals surface area contributed by atoms with Crippen molar-refractivity contribution in [2.45, 2.75) is 18.9 Å². The molecule has 2 amide bonds. The highest BCUT2D eigenvalue weighted by Gasteiger charge is 2.18. The van der Waals surface area contributed by atoms with Gasteiger partial charge in [0.2, 0.25) is 0 Å². The first-order chi connectivity index (χ1) is 14.2. The fourth-order valence-corrected chi connectivity index (χ4v) is 3.20. The van der Waals surface area contributed by atoms with E-state index < -0.39 is 0 Å². The highest BCUT2D eigenvalue weighted by Crippen LogP contribution is 2.18. The average molecular weight is 391 g/mol. The Kier molecular flexibility index (Phi) is 5.62. The first kappa shape index (κ1) is 18.8. The summed E-state index contributed by atoms with van der Waals surface area (Å²) in [6.45, 7) is 1.20. The SMILES string of the molecule is O=C(Nc1ccccc1C(=O)NCC1CCCO1)c1ccc(-n2cncn2)cc1. The maximum Gasteiger partial charge on any atom is 0.255 e. The van der Waals surface area contributed by atoms with Crippen LogP contribution in [0, 0.1) is 0 Å². The third kappa shape index (κ3) is 4.49. The highest BCUT2D eigenvalue weighted by atomic mass is 16.5. The number of nitrogens with zero attached hydrogens (tertiary/aromatic N) is 3. The van der Waals surface area contributed by atoms with E-state index in [1.165, 1.54) is 6.33 Å². The third-order valence-corrected chi connectivity index (χ3v) is 4.75. The summed E-state index contributed by atoms with van der Waals surface area (Å²) in [7, 11) is 0. The fraction of sp³-hybridized carbons (Fsp3) is 0.238. The normalized spacial score (nSPS) is 15.8. The molecule has 0 radical (unpaired) electrons. The lowest BCUT2D eigenvalue weighted by atomic mass is 10.1. The van der Waals surface area contributed by atoms with E-state index in [-0.39, 0.29) is 17.9 Å². The minimum absolute atomic E-state index is 0.0594. The molecule has 8 nitrogen and oxygen atoms in total. The molecule has 1 aliphatic heterocycles. The third-order valence-electron chi connectivity index (χ3n) is 4.75. The minimum atomic E-state index is -0.297. The quantitative estimate of drug-likeness (QED) is 0.673. The summed E-state index contributed by atoms with van der Waals surface area (Å²) >= 11 is 0. The van der Waals surface area contributed by atoms with Gasteiger partial charge in [0.25, 0.3) is 11.8 Å². The van der Waals surface area contributed by atoms with E-state index in [4.69, 9.17) is 4.74 Å². The Morgan fingerprint density at radius 2 is 1.93 bits per heavy atom. The summed E-state index contributed by atoms with van der Waals surface area (Å²) in [5.74, 6) is -0.535. The number of hydrogen-bond donors (Lipinski definition) is 2. The first-order valence-electron chi connectivity index (χ1n) is 9.46. The van der Waals surface area contributed by atoms with Crippen molar-refractivity contribution in [3.05, 3.63) is 72.3 Å². The van der Waals surface area contributed by atoms with Gasteiger partial charge in [0.05, 0.1) is 23.0 Å². The number of ether oxygens (including phenoxy) is 1. The predicted molar refractivity (Wildman–Crippen MR) is 107 cm³/mol. The second-order valence-corrected chi connectivity index (χ2v) is 6.73. The molecule has 1 unspecified atom stereocenters. The van der Waals surface area contributed by atoms with Crippen LogP contribution < -0.4 is 10.6 Å². The van der Waals surface area contributed by atoms with Crippen LogP contribution in [0.1, 0.15) is 33.6 Å². The Bertz CT molecular complexity index is 980. The molecule has 29 heavy (non-hydrogen) atoms. The Morgan fingerprint density at radius 3 is 2.66 bits per heavy atom. The molecule has 0 saturated carbocycles. The summed E-state index contributed by atoms with van der Waals surface area (Å²) in [6, 6.07) is 13.9. The van der Waals surface area contributed by atoms with Crippen LogP contribution >= 0.6 is 0 Å². The van der Waals surface area contributed by atoms with Gasteiger partial charge in [-0.2, -0.15) is 5.10 Å². The number of benzene rings is 2. The number of anilines is 1. The van der Waals surface area contributed by atoms with Crippen LogP contribution in [0.25, 0.3) is 5.69 Å². The molecule has 1 fully saturated rings. The lowest BCUT2D eigenvalue weighted by Gasteiger charge is -2.14. The van der Waals surface area contributed by atoms with Crippen molar-refractivity contribution in [3.63, 3.8) is 0 Å². The zero-order valence-electron chi connectivity index (χ0n) is 15.7. The first-order valence-corrected chi connectivity index (χ1v) is 9.46. The maximum absolute atomic E-state index is 12.7. The van der Waals surface area contributed by atoms with Gasteiger partial charge in [0.1, 0.15) is 12.7 Å². The number of amides is 2. The number of rotatable bonds is 6. The van der Waals surface area contributed by atoms with E-state index in [1.807, 2.05) is 0 Å². The Morgan fingerprint density at radius 1 is 1.10 bits per heavy atom. The monoisotopic (exact) mass is 391 g/mol. The molecule has 2 N–H and O–H groups in total. The van der Waals surface area contributed by atoms with Crippen molar-refractivity contribution in [1.29, 1.82) is 0 Å². The molecule has 148 valence electrons. The van der Waals surface area contributed by atoms with Gasteiger partial charge in [-0.15, -0.1) is 0 Å². The Balaban J connectivity index is 1.43. The molecule has 1 aromatic heterocycles. The number of carbonyl (C=O) groups is 2. The highest BCUT2D eigenvalue weighted by molar-refractivity contribution is 6.09. The lowest BCUT2D eigenvalue weighted by Crippen LogP contribution is -2.32. The fourth-order valence-electron chi connectivity index (χ4n) is 3.20. The molecule has 2 heterocycles. The predicted octanol–water partition coefficient (Wildman–Crippen LogP) is 2.43. The van der Waals surface area contributed by atoms with Gasteiger partial charge in [0, 0.05) is 18.7 Å². The summed E-state index contributed by atoms with van der Waals surface area (Å²) in [6.07, 6.45) is 5.05. The Labute approximate surface area is 167 Å². The number of para-hydroxylation sites is 1. The molecule has 0 bridgehead atoms. The minimum Gasteiger partial charge on any atom is -0.376 e. The second kappa shape index (κ2) is 8.66. The van der Waals surface area contributed by atoms with E-state index in [0.29, 0.717) is 23.4 Å². The number of carbonyl (C=O) groups excluding carboxylic acids is 2. The molecule has 3 aromatic rings. The van der Waals surface area contributed by atoms with Gasteiger partial charge in [-0.1, -0.05) is 12.1 Å². The standard InChI is InChI=1S/C21H21N5O3/c27-20(15-7-9-16(10-8-15)26-14-22-13-24-26)25-19-6-2-1-5-18(19)21(28)23-12-17-4-3-11-29-17/h1-2,5-10,13-14,17H,3-4,11-12H2,(H,23,28)(H,25,27). The summed E-state index contributed by atoms with van der Waals surface area (Å²) in [4.78, 5) is 29.1. The molecule has 4 rings (SSSR count).